The van der Waals surface area contributed by atoms with Gasteiger partial charge in [-0.1, -0.05) is 25.4 Å². The molecule has 2 N–H and O–H groups in total. The van der Waals surface area contributed by atoms with Gasteiger partial charge in [0.2, 0.25) is 0 Å². The van der Waals surface area contributed by atoms with Crippen molar-refractivity contribution in [1.29, 1.82) is 0 Å². The van der Waals surface area contributed by atoms with E-state index in [4.69, 9.17) is 11.6 Å². The molecule has 2 aromatic rings. The van der Waals surface area contributed by atoms with E-state index in [1.807, 2.05) is 6.20 Å². The third kappa shape index (κ3) is 2.18. The number of fused-ring (bicyclic) bond motifs is 2. The molecule has 2 aliphatic carbocycles. The lowest BCUT2D eigenvalue weighted by molar-refractivity contribution is 0.387. The summed E-state index contributed by atoms with van der Waals surface area (Å²) < 4.78 is 0. The van der Waals surface area contributed by atoms with Gasteiger partial charge in [0.25, 0.3) is 0 Å². The summed E-state index contributed by atoms with van der Waals surface area (Å²) in [6.45, 7) is 5.86. The van der Waals surface area contributed by atoms with E-state index in [-0.39, 0.29) is 0 Å². The molecule has 2 saturated carbocycles. The Kier molecular flexibility index (Phi) is 3.05. The van der Waals surface area contributed by atoms with Crippen LogP contribution in [-0.2, 0) is 6.42 Å². The maximum atomic E-state index is 6.26. The summed E-state index contributed by atoms with van der Waals surface area (Å²) in [4.78, 5) is 7.37. The van der Waals surface area contributed by atoms with Gasteiger partial charge in [0.05, 0.1) is 16.7 Å². The number of pyridine rings is 1. The van der Waals surface area contributed by atoms with E-state index < -0.39 is 0 Å². The van der Waals surface area contributed by atoms with Gasteiger partial charge in [-0.15, -0.1) is 0 Å². The number of nitrogens with one attached hydrogen (secondary N) is 2. The van der Waals surface area contributed by atoms with Crippen LogP contribution in [0.1, 0.15) is 32.3 Å². The van der Waals surface area contributed by atoms with E-state index in [0.717, 1.165) is 46.8 Å². The second-order valence-electron chi connectivity index (χ2n) is 7.26. The van der Waals surface area contributed by atoms with Crippen molar-refractivity contribution in [1.82, 2.24) is 15.3 Å². The lowest BCUT2D eigenvalue weighted by Crippen LogP contribution is -2.30. The second-order valence-corrected chi connectivity index (χ2v) is 7.67. The van der Waals surface area contributed by atoms with Crippen molar-refractivity contribution < 1.29 is 0 Å². The molecule has 4 heteroatoms. The van der Waals surface area contributed by atoms with Crippen molar-refractivity contribution in [2.75, 3.05) is 6.54 Å². The van der Waals surface area contributed by atoms with E-state index in [0.29, 0.717) is 5.41 Å². The highest BCUT2D eigenvalue weighted by molar-refractivity contribution is 6.35. The molecule has 0 aliphatic heterocycles. The first-order valence-corrected chi connectivity index (χ1v) is 8.28. The highest BCUT2D eigenvalue weighted by Crippen LogP contribution is 2.66. The fraction of sp³-hybridized carbons (Fsp3) is 0.588. The number of hydrogen-bond donors (Lipinski definition) is 2. The van der Waals surface area contributed by atoms with Gasteiger partial charge >= 0.3 is 0 Å². The van der Waals surface area contributed by atoms with Crippen LogP contribution in [0.5, 0.6) is 0 Å². The molecule has 2 heterocycles. The Morgan fingerprint density at radius 2 is 2.10 bits per heavy atom. The summed E-state index contributed by atoms with van der Waals surface area (Å²) in [5, 5.41) is 5.60. The average molecular weight is 304 g/mol. The van der Waals surface area contributed by atoms with Crippen LogP contribution in [0.2, 0.25) is 5.02 Å². The minimum Gasteiger partial charge on any atom is -0.360 e. The summed E-state index contributed by atoms with van der Waals surface area (Å²) in [6, 6.07) is 0.718. The molecule has 112 valence electrons. The standard InChI is InChI=1S/C17H22ClN3/c1-17(2)12-5-11(6-13(12)17)20-4-3-10-7-21-15-9-19-8-14(18)16(10)15/h7-9,11-13,20-21H,3-6H2,1-2H3/t11?,12-,13+. The topological polar surface area (TPSA) is 40.7 Å². The van der Waals surface area contributed by atoms with E-state index in [9.17, 15) is 0 Å². The maximum Gasteiger partial charge on any atom is 0.0685 e. The monoisotopic (exact) mass is 303 g/mol. The first-order valence-electron chi connectivity index (χ1n) is 7.90. The zero-order valence-corrected chi connectivity index (χ0v) is 13.4. The smallest absolute Gasteiger partial charge is 0.0685 e. The molecule has 0 amide bonds. The quantitative estimate of drug-likeness (QED) is 0.902. The second kappa shape index (κ2) is 4.72. The van der Waals surface area contributed by atoms with E-state index in [2.05, 4.69) is 35.3 Å². The molecule has 0 radical (unpaired) electrons. The Morgan fingerprint density at radius 3 is 2.86 bits per heavy atom. The molecule has 3 atom stereocenters. The molecule has 2 aromatic heterocycles. The molecule has 2 fully saturated rings. The van der Waals surface area contributed by atoms with E-state index in [1.165, 1.54) is 18.4 Å². The molecular weight excluding hydrogens is 282 g/mol. The number of nitrogens with zero attached hydrogens (tertiary/aromatic N) is 1. The Morgan fingerprint density at radius 1 is 1.33 bits per heavy atom. The molecular formula is C17H22ClN3. The molecule has 1 unspecified atom stereocenters. The first-order chi connectivity index (χ1) is 10.1. The Labute approximate surface area is 130 Å². The number of halogens is 1. The van der Waals surface area contributed by atoms with Crippen molar-refractivity contribution in [3.8, 4) is 0 Å². The third-order valence-electron chi connectivity index (χ3n) is 5.81. The van der Waals surface area contributed by atoms with Crippen molar-refractivity contribution in [2.45, 2.75) is 39.2 Å². The third-order valence-corrected chi connectivity index (χ3v) is 6.10. The average Bonchev–Trinajstić information content (AvgIpc) is 2.87. The lowest BCUT2D eigenvalue weighted by Gasteiger charge is -2.18. The molecule has 0 spiro atoms. The molecule has 2 aliphatic rings. The minimum atomic E-state index is 0.621. The van der Waals surface area contributed by atoms with Crippen LogP contribution in [0.4, 0.5) is 0 Å². The number of aromatic amines is 1. The van der Waals surface area contributed by atoms with Crippen molar-refractivity contribution >= 4 is 22.5 Å². The van der Waals surface area contributed by atoms with Crippen LogP contribution in [0.15, 0.2) is 18.6 Å². The summed E-state index contributed by atoms with van der Waals surface area (Å²) >= 11 is 6.26. The van der Waals surface area contributed by atoms with Gasteiger partial charge in [-0.25, -0.2) is 0 Å². The number of aromatic nitrogens is 2. The normalized spacial score (nSPS) is 29.8. The number of H-pyrrole nitrogens is 1. The van der Waals surface area contributed by atoms with Crippen LogP contribution in [0, 0.1) is 17.3 Å². The zero-order valence-electron chi connectivity index (χ0n) is 12.6. The van der Waals surface area contributed by atoms with Crippen molar-refractivity contribution in [3.63, 3.8) is 0 Å². The summed E-state index contributed by atoms with van der Waals surface area (Å²) in [5.41, 5.74) is 2.94. The highest BCUT2D eigenvalue weighted by atomic mass is 35.5. The number of hydrogen-bond acceptors (Lipinski definition) is 2. The molecule has 21 heavy (non-hydrogen) atoms. The van der Waals surface area contributed by atoms with E-state index >= 15 is 0 Å². The first kappa shape index (κ1) is 13.6. The van der Waals surface area contributed by atoms with Crippen LogP contribution in [-0.4, -0.2) is 22.6 Å². The van der Waals surface area contributed by atoms with Crippen molar-refractivity contribution in [2.24, 2.45) is 17.3 Å². The lowest BCUT2D eigenvalue weighted by atomic mass is 9.98. The predicted octanol–water partition coefficient (Wildman–Crippen LogP) is 3.78. The van der Waals surface area contributed by atoms with E-state index in [1.54, 1.807) is 6.20 Å². The fourth-order valence-corrected chi connectivity index (χ4v) is 4.66. The maximum absolute atomic E-state index is 6.26. The number of rotatable bonds is 4. The van der Waals surface area contributed by atoms with Gasteiger partial charge in [0.15, 0.2) is 0 Å². The zero-order chi connectivity index (χ0) is 14.6. The fourth-order valence-electron chi connectivity index (χ4n) is 4.39. The Balaban J connectivity index is 1.35. The van der Waals surface area contributed by atoms with Gasteiger partial charge in [-0.05, 0) is 48.6 Å². The Bertz CT molecular complexity index is 662. The molecule has 0 saturated heterocycles. The van der Waals surface area contributed by atoms with Gasteiger partial charge in [-0.2, -0.15) is 0 Å². The van der Waals surface area contributed by atoms with Gasteiger partial charge in [0, 0.05) is 23.8 Å². The Hall–Kier alpha value is -1.06. The van der Waals surface area contributed by atoms with Crippen molar-refractivity contribution in [3.05, 3.63) is 29.2 Å². The largest absolute Gasteiger partial charge is 0.360 e. The van der Waals surface area contributed by atoms with Crippen LogP contribution in [0.3, 0.4) is 0 Å². The summed E-state index contributed by atoms with van der Waals surface area (Å²) in [6.07, 6.45) is 9.35. The van der Waals surface area contributed by atoms with Gasteiger partial charge in [0.1, 0.15) is 0 Å². The summed E-state index contributed by atoms with van der Waals surface area (Å²) in [7, 11) is 0. The highest BCUT2D eigenvalue weighted by Gasteiger charge is 2.61. The molecule has 0 bridgehead atoms. The molecule has 0 aromatic carbocycles. The van der Waals surface area contributed by atoms with Gasteiger partial charge < -0.3 is 10.3 Å². The van der Waals surface area contributed by atoms with Crippen LogP contribution >= 0.6 is 11.6 Å². The SMILES string of the molecule is CC1(C)[C@@H]2CC(NCCc3c[nH]c4cncc(Cl)c34)C[C@@H]21. The van der Waals surface area contributed by atoms with Crippen LogP contribution < -0.4 is 5.32 Å². The van der Waals surface area contributed by atoms with Crippen LogP contribution in [0.25, 0.3) is 10.9 Å². The van der Waals surface area contributed by atoms with Gasteiger partial charge in [-0.3, -0.25) is 4.98 Å². The predicted molar refractivity (Wildman–Crippen MR) is 86.6 cm³/mol. The molecule has 4 rings (SSSR count). The molecule has 3 nitrogen and oxygen atoms in total. The summed E-state index contributed by atoms with van der Waals surface area (Å²) in [5.74, 6) is 1.92. The minimum absolute atomic E-state index is 0.621.